The summed E-state index contributed by atoms with van der Waals surface area (Å²) in [5, 5.41) is 14.2. The van der Waals surface area contributed by atoms with Crippen molar-refractivity contribution in [3.8, 4) is 0 Å². The maximum absolute atomic E-state index is 12.3. The molecule has 2 heterocycles. The molecule has 1 aliphatic heterocycles. The number of nitrogens with one attached hydrogen (secondary N) is 2. The van der Waals surface area contributed by atoms with Crippen molar-refractivity contribution < 1.29 is 4.79 Å². The van der Waals surface area contributed by atoms with Crippen LogP contribution in [0.1, 0.15) is 19.3 Å². The highest BCUT2D eigenvalue weighted by Crippen LogP contribution is 2.20. The molecular weight excluding hydrogens is 330 g/mol. The van der Waals surface area contributed by atoms with Crippen molar-refractivity contribution >= 4 is 17.6 Å². The molecule has 8 nitrogen and oxygen atoms in total. The van der Waals surface area contributed by atoms with Crippen LogP contribution in [0.15, 0.2) is 48.0 Å². The summed E-state index contributed by atoms with van der Waals surface area (Å²) in [7, 11) is 1.75. The van der Waals surface area contributed by atoms with Gasteiger partial charge in [-0.1, -0.05) is 18.2 Å². The number of anilines is 1. The average molecular weight is 355 g/mol. The summed E-state index contributed by atoms with van der Waals surface area (Å²) >= 11 is 0. The SMILES string of the molecule is CN=C(NCCCCn1cnnc1)NC1CC(=O)N(c2ccccc2)C1. The Morgan fingerprint density at radius 3 is 2.73 bits per heavy atom. The molecule has 26 heavy (non-hydrogen) atoms. The lowest BCUT2D eigenvalue weighted by Gasteiger charge is -2.19. The predicted octanol–water partition coefficient (Wildman–Crippen LogP) is 1.03. The zero-order valence-corrected chi connectivity index (χ0v) is 15.0. The molecule has 1 aromatic heterocycles. The first-order valence-corrected chi connectivity index (χ1v) is 8.91. The number of aromatic nitrogens is 3. The molecule has 1 amide bonds. The van der Waals surface area contributed by atoms with Crippen molar-refractivity contribution in [2.24, 2.45) is 4.99 Å². The first-order chi connectivity index (χ1) is 12.8. The number of carbonyl (C=O) groups is 1. The lowest BCUT2D eigenvalue weighted by molar-refractivity contribution is -0.117. The molecule has 1 aliphatic rings. The number of aliphatic imine (C=N–C) groups is 1. The minimum Gasteiger partial charge on any atom is -0.356 e. The number of guanidine groups is 1. The van der Waals surface area contributed by atoms with Gasteiger partial charge in [0.1, 0.15) is 12.7 Å². The highest BCUT2D eigenvalue weighted by atomic mass is 16.2. The number of nitrogens with zero attached hydrogens (tertiary/aromatic N) is 5. The normalized spacial score (nSPS) is 17.6. The highest BCUT2D eigenvalue weighted by molar-refractivity contribution is 5.97. The maximum atomic E-state index is 12.3. The van der Waals surface area contributed by atoms with Crippen molar-refractivity contribution in [1.82, 2.24) is 25.4 Å². The van der Waals surface area contributed by atoms with Crippen LogP contribution in [0.4, 0.5) is 5.69 Å². The lowest BCUT2D eigenvalue weighted by Crippen LogP contribution is -2.44. The molecule has 1 saturated heterocycles. The number of amides is 1. The van der Waals surface area contributed by atoms with Crippen LogP contribution in [0.25, 0.3) is 0 Å². The number of rotatable bonds is 7. The third-order valence-corrected chi connectivity index (χ3v) is 4.36. The Morgan fingerprint density at radius 2 is 2.00 bits per heavy atom. The zero-order chi connectivity index (χ0) is 18.2. The number of para-hydroxylation sites is 1. The quantitative estimate of drug-likeness (QED) is 0.440. The molecule has 1 fully saturated rings. The van der Waals surface area contributed by atoms with Gasteiger partial charge in [0.05, 0.1) is 6.04 Å². The molecule has 1 atom stereocenters. The zero-order valence-electron chi connectivity index (χ0n) is 15.0. The van der Waals surface area contributed by atoms with E-state index in [9.17, 15) is 4.79 Å². The molecule has 2 N–H and O–H groups in total. The molecule has 3 rings (SSSR count). The van der Waals surface area contributed by atoms with Gasteiger partial charge in [-0.3, -0.25) is 9.79 Å². The summed E-state index contributed by atoms with van der Waals surface area (Å²) in [5.41, 5.74) is 0.943. The lowest BCUT2D eigenvalue weighted by atomic mass is 10.2. The Hall–Kier alpha value is -2.90. The third-order valence-electron chi connectivity index (χ3n) is 4.36. The number of carbonyl (C=O) groups excluding carboxylic acids is 1. The minimum atomic E-state index is 0.0610. The van der Waals surface area contributed by atoms with Crippen LogP contribution in [0.5, 0.6) is 0 Å². The van der Waals surface area contributed by atoms with E-state index in [-0.39, 0.29) is 11.9 Å². The van der Waals surface area contributed by atoms with E-state index in [2.05, 4.69) is 25.8 Å². The summed E-state index contributed by atoms with van der Waals surface area (Å²) in [6.45, 7) is 2.38. The van der Waals surface area contributed by atoms with E-state index < -0.39 is 0 Å². The van der Waals surface area contributed by atoms with E-state index in [4.69, 9.17) is 0 Å². The molecule has 8 heteroatoms. The van der Waals surface area contributed by atoms with Gasteiger partial charge in [0, 0.05) is 38.8 Å². The fraction of sp³-hybridized carbons (Fsp3) is 0.444. The van der Waals surface area contributed by atoms with Crippen LogP contribution < -0.4 is 15.5 Å². The molecule has 0 radical (unpaired) electrons. The molecule has 1 unspecified atom stereocenters. The summed E-state index contributed by atoms with van der Waals surface area (Å²) in [5.74, 6) is 0.875. The Kier molecular flexibility index (Phi) is 6.19. The van der Waals surface area contributed by atoms with Gasteiger partial charge in [-0.05, 0) is 25.0 Å². The van der Waals surface area contributed by atoms with Gasteiger partial charge < -0.3 is 20.1 Å². The van der Waals surface area contributed by atoms with Gasteiger partial charge in [0.25, 0.3) is 0 Å². The van der Waals surface area contributed by atoms with Gasteiger partial charge in [-0.15, -0.1) is 10.2 Å². The second-order valence-corrected chi connectivity index (χ2v) is 6.29. The van der Waals surface area contributed by atoms with E-state index >= 15 is 0 Å². The molecular formula is C18H25N7O. The van der Waals surface area contributed by atoms with Crippen LogP contribution in [0.2, 0.25) is 0 Å². The van der Waals surface area contributed by atoms with Gasteiger partial charge >= 0.3 is 0 Å². The van der Waals surface area contributed by atoms with Crippen LogP contribution in [0, 0.1) is 0 Å². The van der Waals surface area contributed by atoms with Gasteiger partial charge in [-0.25, -0.2) is 0 Å². The largest absolute Gasteiger partial charge is 0.356 e. The van der Waals surface area contributed by atoms with Crippen LogP contribution in [0.3, 0.4) is 0 Å². The number of unbranched alkanes of at least 4 members (excludes halogenated alkanes) is 1. The first kappa shape index (κ1) is 17.9. The Bertz CT molecular complexity index is 714. The molecule has 2 aromatic rings. The first-order valence-electron chi connectivity index (χ1n) is 8.91. The standard InChI is InChI=1S/C18H25N7O/c1-19-18(20-9-5-6-10-24-13-21-22-14-24)23-15-11-17(26)25(12-15)16-7-3-2-4-8-16/h2-4,7-8,13-15H,5-6,9-12H2,1H3,(H2,19,20,23). The van der Waals surface area contributed by atoms with E-state index in [0.717, 1.165) is 37.6 Å². The van der Waals surface area contributed by atoms with Crippen molar-refractivity contribution in [2.45, 2.75) is 31.8 Å². The summed E-state index contributed by atoms with van der Waals surface area (Å²) in [4.78, 5) is 18.4. The van der Waals surface area contributed by atoms with E-state index in [0.29, 0.717) is 13.0 Å². The predicted molar refractivity (Wildman–Crippen MR) is 101 cm³/mol. The highest BCUT2D eigenvalue weighted by Gasteiger charge is 2.30. The number of hydrogen-bond acceptors (Lipinski definition) is 4. The Balaban J connectivity index is 1.40. The van der Waals surface area contributed by atoms with Gasteiger partial charge in [-0.2, -0.15) is 0 Å². The van der Waals surface area contributed by atoms with E-state index in [1.165, 1.54) is 0 Å². The topological polar surface area (TPSA) is 87.4 Å². The summed E-state index contributed by atoms with van der Waals surface area (Å²) < 4.78 is 1.97. The Morgan fingerprint density at radius 1 is 1.23 bits per heavy atom. The van der Waals surface area contributed by atoms with Crippen molar-refractivity contribution in [3.63, 3.8) is 0 Å². The van der Waals surface area contributed by atoms with Crippen molar-refractivity contribution in [1.29, 1.82) is 0 Å². The second kappa shape index (κ2) is 8.98. The monoisotopic (exact) mass is 355 g/mol. The van der Waals surface area contributed by atoms with Crippen LogP contribution in [-0.2, 0) is 11.3 Å². The number of hydrogen-bond donors (Lipinski definition) is 2. The minimum absolute atomic E-state index is 0.0610. The molecule has 0 saturated carbocycles. The molecule has 0 spiro atoms. The van der Waals surface area contributed by atoms with Crippen molar-refractivity contribution in [2.75, 3.05) is 25.0 Å². The molecule has 1 aromatic carbocycles. The fourth-order valence-electron chi connectivity index (χ4n) is 3.01. The van der Waals surface area contributed by atoms with Gasteiger partial charge in [0.2, 0.25) is 5.91 Å². The Labute approximate surface area is 153 Å². The van der Waals surface area contributed by atoms with Crippen LogP contribution in [-0.4, -0.2) is 52.8 Å². The second-order valence-electron chi connectivity index (χ2n) is 6.29. The van der Waals surface area contributed by atoms with Crippen molar-refractivity contribution in [3.05, 3.63) is 43.0 Å². The van der Waals surface area contributed by atoms with E-state index in [1.807, 2.05) is 39.8 Å². The fourth-order valence-corrected chi connectivity index (χ4v) is 3.01. The molecule has 138 valence electrons. The average Bonchev–Trinajstić information content (AvgIpc) is 3.30. The smallest absolute Gasteiger partial charge is 0.229 e. The summed E-state index contributed by atoms with van der Waals surface area (Å²) in [6, 6.07) is 9.83. The van der Waals surface area contributed by atoms with Gasteiger partial charge in [0.15, 0.2) is 5.96 Å². The van der Waals surface area contributed by atoms with E-state index in [1.54, 1.807) is 19.7 Å². The molecule has 0 aliphatic carbocycles. The third kappa shape index (κ3) is 4.81. The summed E-state index contributed by atoms with van der Waals surface area (Å²) in [6.07, 6.45) is 5.97. The molecule has 0 bridgehead atoms. The number of benzene rings is 1. The van der Waals surface area contributed by atoms with Crippen LogP contribution >= 0.6 is 0 Å². The number of aryl methyl sites for hydroxylation is 1. The maximum Gasteiger partial charge on any atom is 0.229 e.